The van der Waals surface area contributed by atoms with E-state index in [0.29, 0.717) is 11.1 Å². The molecule has 0 unspecified atom stereocenters. The van der Waals surface area contributed by atoms with Crippen molar-refractivity contribution in [1.29, 1.82) is 0 Å². The van der Waals surface area contributed by atoms with Crippen LogP contribution in [-0.2, 0) is 0 Å². The summed E-state index contributed by atoms with van der Waals surface area (Å²) in [4.78, 5) is 14.9. The van der Waals surface area contributed by atoms with Crippen LogP contribution in [0.5, 0.6) is 0 Å². The molecule has 0 spiro atoms. The fraction of sp³-hybridized carbons (Fsp3) is 0.357. The lowest BCUT2D eigenvalue weighted by molar-refractivity contribution is 0.0934. The van der Waals surface area contributed by atoms with Crippen molar-refractivity contribution in [2.45, 2.75) is 32.7 Å². The van der Waals surface area contributed by atoms with Crippen molar-refractivity contribution < 1.29 is 9.18 Å². The second-order valence-electron chi connectivity index (χ2n) is 4.58. The van der Waals surface area contributed by atoms with Gasteiger partial charge in [-0.3, -0.25) is 4.79 Å². The van der Waals surface area contributed by atoms with Gasteiger partial charge in [0, 0.05) is 16.9 Å². The van der Waals surface area contributed by atoms with E-state index in [0.717, 1.165) is 18.4 Å². The van der Waals surface area contributed by atoms with Gasteiger partial charge in [0.25, 0.3) is 5.91 Å². The molecule has 1 aromatic heterocycles. The third kappa shape index (κ3) is 2.70. The largest absolute Gasteiger partial charge is 0.351 e. The molecule has 0 aliphatic rings. The summed E-state index contributed by atoms with van der Waals surface area (Å²) in [6, 6.07) is 6.24. The van der Waals surface area contributed by atoms with Crippen LogP contribution in [0, 0.1) is 5.82 Å². The van der Waals surface area contributed by atoms with Crippen molar-refractivity contribution in [1.82, 2.24) is 10.3 Å². The molecule has 0 aliphatic heterocycles. The van der Waals surface area contributed by atoms with Crippen molar-refractivity contribution in [3.8, 4) is 0 Å². The van der Waals surface area contributed by atoms with Gasteiger partial charge < -0.3 is 10.3 Å². The maximum atomic E-state index is 13.0. The van der Waals surface area contributed by atoms with E-state index in [1.807, 2.05) is 6.92 Å². The Morgan fingerprint density at radius 3 is 2.94 bits per heavy atom. The maximum Gasteiger partial charge on any atom is 0.267 e. The average molecular weight is 248 g/mol. The molecule has 0 saturated carbocycles. The van der Waals surface area contributed by atoms with E-state index in [1.165, 1.54) is 12.1 Å². The number of benzene rings is 1. The maximum absolute atomic E-state index is 13.0. The molecule has 1 amide bonds. The highest BCUT2D eigenvalue weighted by Crippen LogP contribution is 2.16. The standard InChI is InChI=1S/C14H17FN2O/c1-3-4-9(2)16-14(18)13-8-10-7-11(15)5-6-12(10)17-13/h5-9,17H,3-4H2,1-2H3,(H,16,18)/t9-/m0/s1. The van der Waals surface area contributed by atoms with Gasteiger partial charge in [-0.15, -0.1) is 0 Å². The third-order valence-electron chi connectivity index (χ3n) is 2.93. The molecule has 96 valence electrons. The summed E-state index contributed by atoms with van der Waals surface area (Å²) in [5.74, 6) is -0.444. The highest BCUT2D eigenvalue weighted by molar-refractivity contribution is 5.98. The van der Waals surface area contributed by atoms with E-state index in [4.69, 9.17) is 0 Å². The Morgan fingerprint density at radius 2 is 2.22 bits per heavy atom. The lowest BCUT2D eigenvalue weighted by Crippen LogP contribution is -2.32. The molecule has 2 aromatic rings. The minimum atomic E-state index is -0.298. The molecule has 2 rings (SSSR count). The van der Waals surface area contributed by atoms with E-state index < -0.39 is 0 Å². The van der Waals surface area contributed by atoms with Crippen LogP contribution in [0.2, 0.25) is 0 Å². The van der Waals surface area contributed by atoms with E-state index in [-0.39, 0.29) is 17.8 Å². The number of aromatic amines is 1. The lowest BCUT2D eigenvalue weighted by atomic mass is 10.2. The van der Waals surface area contributed by atoms with Crippen molar-refractivity contribution in [2.75, 3.05) is 0 Å². The second kappa shape index (κ2) is 5.21. The minimum Gasteiger partial charge on any atom is -0.351 e. The van der Waals surface area contributed by atoms with Crippen LogP contribution < -0.4 is 5.32 Å². The molecule has 0 radical (unpaired) electrons. The molecule has 0 bridgehead atoms. The molecule has 0 aliphatic carbocycles. The Hall–Kier alpha value is -1.84. The SMILES string of the molecule is CCC[C@H](C)NC(=O)c1cc2cc(F)ccc2[nH]1. The first-order valence-corrected chi connectivity index (χ1v) is 6.19. The van der Waals surface area contributed by atoms with Gasteiger partial charge in [-0.05, 0) is 37.6 Å². The van der Waals surface area contributed by atoms with Crippen LogP contribution in [0.3, 0.4) is 0 Å². The Labute approximate surface area is 105 Å². The number of fused-ring (bicyclic) bond motifs is 1. The quantitative estimate of drug-likeness (QED) is 0.857. The molecule has 0 fully saturated rings. The average Bonchev–Trinajstić information content (AvgIpc) is 2.72. The number of halogens is 1. The van der Waals surface area contributed by atoms with Crippen molar-refractivity contribution >= 4 is 16.8 Å². The number of nitrogens with one attached hydrogen (secondary N) is 2. The molecular formula is C14H17FN2O. The number of carbonyl (C=O) groups is 1. The topological polar surface area (TPSA) is 44.9 Å². The zero-order valence-corrected chi connectivity index (χ0v) is 10.6. The van der Waals surface area contributed by atoms with Gasteiger partial charge in [0.15, 0.2) is 0 Å². The molecule has 2 N–H and O–H groups in total. The van der Waals surface area contributed by atoms with Crippen molar-refractivity contribution in [2.24, 2.45) is 0 Å². The van der Waals surface area contributed by atoms with Crippen molar-refractivity contribution in [3.63, 3.8) is 0 Å². The van der Waals surface area contributed by atoms with E-state index in [2.05, 4.69) is 17.2 Å². The lowest BCUT2D eigenvalue weighted by Gasteiger charge is -2.11. The summed E-state index contributed by atoms with van der Waals surface area (Å²) >= 11 is 0. The summed E-state index contributed by atoms with van der Waals surface area (Å²) < 4.78 is 13.0. The number of amides is 1. The third-order valence-corrected chi connectivity index (χ3v) is 2.93. The number of hydrogen-bond acceptors (Lipinski definition) is 1. The number of aromatic nitrogens is 1. The fourth-order valence-electron chi connectivity index (χ4n) is 2.03. The van der Waals surface area contributed by atoms with E-state index >= 15 is 0 Å². The molecule has 1 heterocycles. The molecule has 18 heavy (non-hydrogen) atoms. The highest BCUT2D eigenvalue weighted by atomic mass is 19.1. The zero-order chi connectivity index (χ0) is 13.1. The van der Waals surface area contributed by atoms with Gasteiger partial charge in [-0.2, -0.15) is 0 Å². The highest BCUT2D eigenvalue weighted by Gasteiger charge is 2.12. The first-order valence-electron chi connectivity index (χ1n) is 6.19. The molecule has 1 aromatic carbocycles. The first-order chi connectivity index (χ1) is 8.60. The van der Waals surface area contributed by atoms with E-state index in [9.17, 15) is 9.18 Å². The van der Waals surface area contributed by atoms with Gasteiger partial charge in [0.1, 0.15) is 11.5 Å². The predicted octanol–water partition coefficient (Wildman–Crippen LogP) is 3.23. The summed E-state index contributed by atoms with van der Waals surface area (Å²) in [5.41, 5.74) is 1.24. The molecule has 0 saturated heterocycles. The van der Waals surface area contributed by atoms with E-state index in [1.54, 1.807) is 12.1 Å². The van der Waals surface area contributed by atoms with Crippen LogP contribution in [-0.4, -0.2) is 16.9 Å². The number of hydrogen-bond donors (Lipinski definition) is 2. The molecule has 1 atom stereocenters. The monoisotopic (exact) mass is 248 g/mol. The molecular weight excluding hydrogens is 231 g/mol. The normalized spacial score (nSPS) is 12.6. The zero-order valence-electron chi connectivity index (χ0n) is 10.6. The van der Waals surface area contributed by atoms with Crippen LogP contribution in [0.1, 0.15) is 37.2 Å². The summed E-state index contributed by atoms with van der Waals surface area (Å²) in [6.45, 7) is 4.05. The first kappa shape index (κ1) is 12.6. The van der Waals surface area contributed by atoms with Gasteiger partial charge in [-0.25, -0.2) is 4.39 Å². The van der Waals surface area contributed by atoms with Gasteiger partial charge >= 0.3 is 0 Å². The number of H-pyrrole nitrogens is 1. The van der Waals surface area contributed by atoms with Crippen LogP contribution in [0.25, 0.3) is 10.9 Å². The summed E-state index contributed by atoms with van der Waals surface area (Å²) in [7, 11) is 0. The van der Waals surface area contributed by atoms with Gasteiger partial charge in [0.2, 0.25) is 0 Å². The predicted molar refractivity (Wildman–Crippen MR) is 70.1 cm³/mol. The minimum absolute atomic E-state index is 0.144. The van der Waals surface area contributed by atoms with Gasteiger partial charge in [0.05, 0.1) is 0 Å². The smallest absolute Gasteiger partial charge is 0.267 e. The summed E-state index contributed by atoms with van der Waals surface area (Å²) in [6.07, 6.45) is 1.97. The number of carbonyl (C=O) groups excluding carboxylic acids is 1. The number of rotatable bonds is 4. The molecule has 4 heteroatoms. The summed E-state index contributed by atoms with van der Waals surface area (Å²) in [5, 5.41) is 3.62. The molecule has 3 nitrogen and oxygen atoms in total. The Balaban J connectivity index is 2.18. The Kier molecular flexibility index (Phi) is 3.65. The van der Waals surface area contributed by atoms with Crippen LogP contribution >= 0.6 is 0 Å². The fourth-order valence-corrected chi connectivity index (χ4v) is 2.03. The Bertz CT molecular complexity index is 562. The van der Waals surface area contributed by atoms with Crippen LogP contribution in [0.15, 0.2) is 24.3 Å². The van der Waals surface area contributed by atoms with Crippen LogP contribution in [0.4, 0.5) is 4.39 Å². The van der Waals surface area contributed by atoms with Gasteiger partial charge in [-0.1, -0.05) is 13.3 Å². The second-order valence-corrected chi connectivity index (χ2v) is 4.58. The Morgan fingerprint density at radius 1 is 1.44 bits per heavy atom. The van der Waals surface area contributed by atoms with Crippen molar-refractivity contribution in [3.05, 3.63) is 35.8 Å².